The number of amides is 2. The second-order valence-electron chi connectivity index (χ2n) is 6.73. The van der Waals surface area contributed by atoms with Gasteiger partial charge in [0.1, 0.15) is 6.04 Å². The Balaban J connectivity index is 0.00000233. The van der Waals surface area contributed by atoms with E-state index in [2.05, 4.69) is 16.9 Å². The molecule has 0 aliphatic carbocycles. The van der Waals surface area contributed by atoms with Gasteiger partial charge in [0.05, 0.1) is 13.7 Å². The van der Waals surface area contributed by atoms with Gasteiger partial charge in [-0.2, -0.15) is 0 Å². The van der Waals surface area contributed by atoms with Crippen LogP contribution in [0.25, 0.3) is 0 Å². The summed E-state index contributed by atoms with van der Waals surface area (Å²) in [5.74, 6) is -0.159. The number of hydroxylamine groups is 2. The maximum atomic E-state index is 13.0. The van der Waals surface area contributed by atoms with E-state index in [4.69, 9.17) is 9.57 Å². The highest BCUT2D eigenvalue weighted by atomic mass is 16.7. The van der Waals surface area contributed by atoms with Crippen LogP contribution in [0.5, 0.6) is 0 Å². The monoisotopic (exact) mass is 429 g/mol. The maximum absolute atomic E-state index is 13.0. The molecule has 0 bridgehead atoms. The summed E-state index contributed by atoms with van der Waals surface area (Å²) < 4.78 is 5.78. The molecule has 0 aromatic heterocycles. The molecule has 0 saturated carbocycles. The minimum Gasteiger partial charge on any atom is -0.478 e. The molecule has 1 aromatic rings. The molecule has 0 radical (unpaired) electrons. The second kappa shape index (κ2) is 14.1. The van der Waals surface area contributed by atoms with Gasteiger partial charge in [-0.1, -0.05) is 51.1 Å². The van der Waals surface area contributed by atoms with Gasteiger partial charge >= 0.3 is 0 Å². The molecule has 1 aliphatic rings. The number of rotatable bonds is 3. The number of carbonyl (C=O) groups is 2. The smallest absolute Gasteiger partial charge is 0.268 e. The molecule has 1 N–H and O–H groups in total. The molecule has 0 spiro atoms. The third-order valence-electron chi connectivity index (χ3n) is 4.67. The lowest BCUT2D eigenvalue weighted by atomic mass is 10.0. The predicted molar refractivity (Wildman–Crippen MR) is 124 cm³/mol. The van der Waals surface area contributed by atoms with E-state index in [1.165, 1.54) is 14.2 Å². The van der Waals surface area contributed by atoms with Crippen molar-refractivity contribution >= 4 is 17.5 Å². The van der Waals surface area contributed by atoms with Gasteiger partial charge in [0, 0.05) is 23.9 Å². The number of nitrogens with zero attached hydrogens (tertiary/aromatic N) is 2. The zero-order valence-electron chi connectivity index (χ0n) is 19.3. The third-order valence-corrected chi connectivity index (χ3v) is 4.67. The molecule has 0 fully saturated rings. The van der Waals surface area contributed by atoms with Crippen LogP contribution in [0.4, 0.5) is 0 Å². The Morgan fingerprint density at radius 3 is 2.58 bits per heavy atom. The summed E-state index contributed by atoms with van der Waals surface area (Å²) >= 11 is 0. The lowest BCUT2D eigenvalue weighted by molar-refractivity contribution is -0.171. The van der Waals surface area contributed by atoms with Crippen molar-refractivity contribution < 1.29 is 19.2 Å². The second-order valence-corrected chi connectivity index (χ2v) is 6.73. The van der Waals surface area contributed by atoms with Crippen LogP contribution in [0.1, 0.15) is 62.4 Å². The van der Waals surface area contributed by atoms with Gasteiger partial charge in [-0.15, -0.1) is 0 Å². The van der Waals surface area contributed by atoms with E-state index in [0.29, 0.717) is 35.7 Å². The van der Waals surface area contributed by atoms with Gasteiger partial charge < -0.3 is 10.1 Å². The molecule has 1 atom stereocenters. The number of ether oxygens (including phenoxy) is 1. The summed E-state index contributed by atoms with van der Waals surface area (Å²) in [4.78, 5) is 35.2. The van der Waals surface area contributed by atoms with Gasteiger partial charge in [-0.3, -0.25) is 14.4 Å². The molecular weight excluding hydrogens is 394 g/mol. The zero-order valence-corrected chi connectivity index (χ0v) is 19.3. The van der Waals surface area contributed by atoms with Crippen molar-refractivity contribution in [2.24, 2.45) is 4.99 Å². The summed E-state index contributed by atoms with van der Waals surface area (Å²) in [6.45, 7) is 10.0. The molecule has 7 nitrogen and oxygen atoms in total. The van der Waals surface area contributed by atoms with E-state index in [1.54, 1.807) is 24.3 Å². The first-order valence-electron chi connectivity index (χ1n) is 10.7. The fourth-order valence-corrected chi connectivity index (χ4v) is 3.05. The third kappa shape index (κ3) is 8.02. The van der Waals surface area contributed by atoms with E-state index in [1.807, 2.05) is 32.9 Å². The molecule has 1 aromatic carbocycles. The van der Waals surface area contributed by atoms with Crippen molar-refractivity contribution in [3.05, 3.63) is 60.0 Å². The number of hydrogen-bond acceptors (Lipinski definition) is 5. The number of likely N-dealkylation sites (N-methyl/N-ethyl adjacent to an activating group) is 1. The fourth-order valence-electron chi connectivity index (χ4n) is 3.05. The summed E-state index contributed by atoms with van der Waals surface area (Å²) in [6.07, 6.45) is 6.28. The quantitative estimate of drug-likeness (QED) is 0.728. The highest BCUT2D eigenvalue weighted by Gasteiger charge is 2.25. The first kappa shape index (κ1) is 26.1. The summed E-state index contributed by atoms with van der Waals surface area (Å²) in [5, 5.41) is 4.01. The number of carbonyl (C=O) groups excluding carboxylic acids is 2. The number of fused-ring (bicyclic) bond motifs is 1. The van der Waals surface area contributed by atoms with Gasteiger partial charge in [0.2, 0.25) is 5.88 Å². The Labute approximate surface area is 185 Å². The molecule has 2 rings (SSSR count). The minimum absolute atomic E-state index is 0.289. The predicted octanol–water partition coefficient (Wildman–Crippen LogP) is 4.26. The Morgan fingerprint density at radius 1 is 1.26 bits per heavy atom. The highest BCUT2D eigenvalue weighted by Crippen LogP contribution is 2.16. The van der Waals surface area contributed by atoms with Gasteiger partial charge in [0.15, 0.2) is 0 Å². The van der Waals surface area contributed by atoms with Crippen molar-refractivity contribution in [3.63, 3.8) is 0 Å². The van der Waals surface area contributed by atoms with E-state index in [-0.39, 0.29) is 11.8 Å². The summed E-state index contributed by atoms with van der Waals surface area (Å²) in [7, 11) is 2.95. The number of allylic oxidation sites excluding steroid dienone is 2. The molecule has 31 heavy (non-hydrogen) atoms. The van der Waals surface area contributed by atoms with Crippen LogP contribution in [-0.2, 0) is 14.4 Å². The zero-order chi connectivity index (χ0) is 23.2. The van der Waals surface area contributed by atoms with Crippen LogP contribution in [-0.4, -0.2) is 49.4 Å². The molecule has 1 heterocycles. The molecule has 170 valence electrons. The van der Waals surface area contributed by atoms with Crippen molar-refractivity contribution in [1.29, 1.82) is 0 Å². The lowest BCUT2D eigenvalue weighted by Gasteiger charge is -2.23. The van der Waals surface area contributed by atoms with Crippen LogP contribution in [0.2, 0.25) is 0 Å². The van der Waals surface area contributed by atoms with Crippen molar-refractivity contribution in [1.82, 2.24) is 10.4 Å². The normalized spacial score (nSPS) is 20.4. The number of benzene rings is 1. The van der Waals surface area contributed by atoms with Crippen LogP contribution in [0, 0.1) is 0 Å². The number of nitrogens with one attached hydrogen (secondary N) is 1. The van der Waals surface area contributed by atoms with Crippen LogP contribution in [0.3, 0.4) is 0 Å². The Hall–Kier alpha value is -2.93. The largest absolute Gasteiger partial charge is 0.478 e. The van der Waals surface area contributed by atoms with Gasteiger partial charge in [0.25, 0.3) is 11.8 Å². The Bertz CT molecular complexity index is 802. The topological polar surface area (TPSA) is 80.2 Å². The molecule has 0 saturated heterocycles. The fraction of sp³-hybridized carbons (Fsp3) is 0.458. The van der Waals surface area contributed by atoms with E-state index in [9.17, 15) is 9.59 Å². The average Bonchev–Trinajstić information content (AvgIpc) is 2.80. The van der Waals surface area contributed by atoms with Crippen molar-refractivity contribution in [2.45, 2.75) is 52.5 Å². The average molecular weight is 430 g/mol. The van der Waals surface area contributed by atoms with Gasteiger partial charge in [-0.25, -0.2) is 10.1 Å². The lowest BCUT2D eigenvalue weighted by Crippen LogP contribution is -2.47. The summed E-state index contributed by atoms with van der Waals surface area (Å²) in [5.41, 5.74) is 1.76. The molecule has 1 unspecified atom stereocenters. The Kier molecular flexibility index (Phi) is 11.9. The van der Waals surface area contributed by atoms with E-state index < -0.39 is 6.04 Å². The van der Waals surface area contributed by atoms with Crippen LogP contribution in [0.15, 0.2) is 53.9 Å². The van der Waals surface area contributed by atoms with Crippen LogP contribution < -0.4 is 5.32 Å². The minimum atomic E-state index is -0.669. The number of aliphatic imine (C=N–C) groups is 1. The first-order chi connectivity index (χ1) is 15.0. The van der Waals surface area contributed by atoms with Crippen molar-refractivity contribution in [2.75, 3.05) is 20.8 Å². The molecular formula is C24H35N3O4. The molecule has 7 heteroatoms. The van der Waals surface area contributed by atoms with E-state index in [0.717, 1.165) is 24.3 Å². The van der Waals surface area contributed by atoms with Gasteiger partial charge in [-0.05, 0) is 38.3 Å². The molecule has 2 amide bonds. The van der Waals surface area contributed by atoms with E-state index >= 15 is 0 Å². The van der Waals surface area contributed by atoms with Crippen LogP contribution >= 0.6 is 0 Å². The maximum Gasteiger partial charge on any atom is 0.268 e. The summed E-state index contributed by atoms with van der Waals surface area (Å²) in [6, 6.07) is 6.49. The SMILES string of the molecule is C=C/C=C1\N=C(/C)c2ccccc2C(=O)NC(C(=O)N(C)OC)CCCCCO1.CC. The Morgan fingerprint density at radius 2 is 1.94 bits per heavy atom. The standard InChI is InChI=1S/C22H29N3O4.C2H6/c1-5-11-20-23-16(2)17-12-8-9-13-18(17)21(26)24-19(22(27)25(3)28-4)14-7-6-10-15-29-20;1-2/h5,8-9,11-13,19H,1,6-7,10,14-15H2,2-4H3,(H,24,26);1-2H3/b20-11+,23-16+;. The molecule has 1 aliphatic heterocycles. The first-order valence-corrected chi connectivity index (χ1v) is 10.7. The number of hydrogen-bond donors (Lipinski definition) is 1. The van der Waals surface area contributed by atoms with Crippen molar-refractivity contribution in [3.8, 4) is 0 Å². The highest BCUT2D eigenvalue weighted by molar-refractivity contribution is 6.10.